The molecule has 3 rings (SSSR count). The second kappa shape index (κ2) is 8.05. The average Bonchev–Trinajstić information content (AvgIpc) is 2.69. The summed E-state index contributed by atoms with van der Waals surface area (Å²) in [6.45, 7) is 1.74. The number of halogens is 2. The summed E-state index contributed by atoms with van der Waals surface area (Å²) in [5.41, 5.74) is 0.555. The first-order chi connectivity index (χ1) is 12.6. The molecule has 0 radical (unpaired) electrons. The van der Waals surface area contributed by atoms with Crippen LogP contribution in [0.25, 0.3) is 0 Å². The summed E-state index contributed by atoms with van der Waals surface area (Å²) in [5.74, 6) is -3.08. The zero-order chi connectivity index (χ0) is 18.5. The van der Waals surface area contributed by atoms with E-state index in [1.807, 2.05) is 0 Å². The number of nitrogens with one attached hydrogen (secondary N) is 1. The normalized spacial score (nSPS) is 15.4. The number of carbonyl (C=O) groups excluding carboxylic acids is 2. The molecule has 0 saturated carbocycles. The van der Waals surface area contributed by atoms with Crippen molar-refractivity contribution in [3.05, 3.63) is 71.3 Å². The minimum absolute atomic E-state index is 0.0559. The molecule has 0 bridgehead atoms. The van der Waals surface area contributed by atoms with Gasteiger partial charge in [-0.15, -0.1) is 0 Å². The SMILES string of the molecule is O=C(N[C@H](C(=O)N1CCOCC1)c1ccccc1)c1ccc(F)c(F)c1. The van der Waals surface area contributed by atoms with Gasteiger partial charge in [0.05, 0.1) is 13.2 Å². The molecule has 1 fully saturated rings. The van der Waals surface area contributed by atoms with E-state index in [1.165, 1.54) is 6.07 Å². The molecule has 1 N–H and O–H groups in total. The minimum atomic E-state index is -1.12. The number of nitrogens with zero attached hydrogens (tertiary/aromatic N) is 1. The molecular formula is C19H18F2N2O3. The van der Waals surface area contributed by atoms with Gasteiger partial charge in [0.2, 0.25) is 5.91 Å². The van der Waals surface area contributed by atoms with E-state index in [9.17, 15) is 18.4 Å². The van der Waals surface area contributed by atoms with Gasteiger partial charge in [-0.25, -0.2) is 8.78 Å². The predicted molar refractivity (Wildman–Crippen MR) is 90.4 cm³/mol. The van der Waals surface area contributed by atoms with E-state index < -0.39 is 23.6 Å². The number of rotatable bonds is 4. The highest BCUT2D eigenvalue weighted by Gasteiger charge is 2.29. The predicted octanol–water partition coefficient (Wildman–Crippen LogP) is 2.29. The Labute approximate surface area is 149 Å². The number of ether oxygens (including phenoxy) is 1. The molecule has 0 spiro atoms. The highest BCUT2D eigenvalue weighted by molar-refractivity contribution is 5.97. The highest BCUT2D eigenvalue weighted by atomic mass is 19.2. The van der Waals surface area contributed by atoms with Crippen LogP contribution in [0.3, 0.4) is 0 Å². The third-order valence-electron chi connectivity index (χ3n) is 4.16. The Morgan fingerprint density at radius 3 is 2.35 bits per heavy atom. The van der Waals surface area contributed by atoms with Crippen molar-refractivity contribution < 1.29 is 23.1 Å². The summed E-state index contributed by atoms with van der Waals surface area (Å²) in [6, 6.07) is 10.7. The van der Waals surface area contributed by atoms with E-state index in [0.717, 1.165) is 12.1 Å². The second-order valence-electron chi connectivity index (χ2n) is 5.88. The molecule has 1 aliphatic heterocycles. The molecule has 7 heteroatoms. The molecular weight excluding hydrogens is 342 g/mol. The minimum Gasteiger partial charge on any atom is -0.378 e. The van der Waals surface area contributed by atoms with Crippen molar-refractivity contribution in [1.82, 2.24) is 10.2 Å². The Bertz CT molecular complexity index is 793. The zero-order valence-corrected chi connectivity index (χ0v) is 14.0. The molecule has 136 valence electrons. The van der Waals surface area contributed by atoms with Gasteiger partial charge in [0.25, 0.3) is 5.91 Å². The molecule has 0 aliphatic carbocycles. The van der Waals surface area contributed by atoms with Crippen LogP contribution >= 0.6 is 0 Å². The number of amides is 2. The van der Waals surface area contributed by atoms with Gasteiger partial charge in [-0.05, 0) is 23.8 Å². The quantitative estimate of drug-likeness (QED) is 0.910. The fraction of sp³-hybridized carbons (Fsp3) is 0.263. The number of hydrogen-bond donors (Lipinski definition) is 1. The summed E-state index contributed by atoms with van der Waals surface area (Å²) in [5, 5.41) is 2.63. The van der Waals surface area contributed by atoms with Crippen molar-refractivity contribution in [1.29, 1.82) is 0 Å². The van der Waals surface area contributed by atoms with Crippen LogP contribution in [0.2, 0.25) is 0 Å². The first-order valence-electron chi connectivity index (χ1n) is 8.23. The van der Waals surface area contributed by atoms with Gasteiger partial charge >= 0.3 is 0 Å². The van der Waals surface area contributed by atoms with Gasteiger partial charge in [-0.1, -0.05) is 30.3 Å². The number of carbonyl (C=O) groups is 2. The molecule has 1 atom stereocenters. The van der Waals surface area contributed by atoms with Crippen molar-refractivity contribution in [3.63, 3.8) is 0 Å². The van der Waals surface area contributed by atoms with E-state index in [1.54, 1.807) is 35.2 Å². The lowest BCUT2D eigenvalue weighted by Crippen LogP contribution is -2.47. The van der Waals surface area contributed by atoms with Gasteiger partial charge in [-0.3, -0.25) is 9.59 Å². The largest absolute Gasteiger partial charge is 0.378 e. The van der Waals surface area contributed by atoms with Crippen LogP contribution in [0.1, 0.15) is 22.0 Å². The molecule has 26 heavy (non-hydrogen) atoms. The molecule has 1 heterocycles. The van der Waals surface area contributed by atoms with E-state index >= 15 is 0 Å². The topological polar surface area (TPSA) is 58.6 Å². The second-order valence-corrected chi connectivity index (χ2v) is 5.88. The van der Waals surface area contributed by atoms with Crippen molar-refractivity contribution in [2.45, 2.75) is 6.04 Å². The van der Waals surface area contributed by atoms with Gasteiger partial charge in [0, 0.05) is 18.7 Å². The zero-order valence-electron chi connectivity index (χ0n) is 14.0. The highest BCUT2D eigenvalue weighted by Crippen LogP contribution is 2.18. The number of benzene rings is 2. The monoisotopic (exact) mass is 360 g/mol. The Morgan fingerprint density at radius 1 is 1.00 bits per heavy atom. The smallest absolute Gasteiger partial charge is 0.252 e. The van der Waals surface area contributed by atoms with Gasteiger partial charge < -0.3 is 15.0 Å². The fourth-order valence-electron chi connectivity index (χ4n) is 2.75. The molecule has 2 aromatic rings. The van der Waals surface area contributed by atoms with E-state index in [0.29, 0.717) is 31.9 Å². The van der Waals surface area contributed by atoms with Crippen LogP contribution in [0.4, 0.5) is 8.78 Å². The Morgan fingerprint density at radius 2 is 1.69 bits per heavy atom. The van der Waals surface area contributed by atoms with Crippen LogP contribution in [0.15, 0.2) is 48.5 Å². The van der Waals surface area contributed by atoms with Gasteiger partial charge in [0.15, 0.2) is 11.6 Å². The summed E-state index contributed by atoms with van der Waals surface area (Å²) < 4.78 is 31.7. The number of morpholine rings is 1. The Kier molecular flexibility index (Phi) is 5.58. The lowest BCUT2D eigenvalue weighted by Gasteiger charge is -2.31. The first kappa shape index (κ1) is 18.0. The van der Waals surface area contributed by atoms with E-state index in [4.69, 9.17) is 4.74 Å². The fourth-order valence-corrected chi connectivity index (χ4v) is 2.75. The molecule has 1 saturated heterocycles. The molecule has 1 aliphatic rings. The lowest BCUT2D eigenvalue weighted by atomic mass is 10.0. The molecule has 5 nitrogen and oxygen atoms in total. The maximum absolute atomic E-state index is 13.4. The third-order valence-corrected chi connectivity index (χ3v) is 4.16. The van der Waals surface area contributed by atoms with Crippen LogP contribution in [-0.2, 0) is 9.53 Å². The first-order valence-corrected chi connectivity index (χ1v) is 8.23. The molecule has 0 unspecified atom stereocenters. The number of hydrogen-bond acceptors (Lipinski definition) is 3. The van der Waals surface area contributed by atoms with Crippen molar-refractivity contribution in [3.8, 4) is 0 Å². The standard InChI is InChI=1S/C19H18F2N2O3/c20-15-7-6-14(12-16(15)21)18(24)22-17(13-4-2-1-3-5-13)19(25)23-8-10-26-11-9-23/h1-7,12,17H,8-11H2,(H,22,24)/t17-/m0/s1. The molecule has 2 aromatic carbocycles. The van der Waals surface area contributed by atoms with Gasteiger partial charge in [-0.2, -0.15) is 0 Å². The summed E-state index contributed by atoms with van der Waals surface area (Å²) >= 11 is 0. The maximum atomic E-state index is 13.4. The Hall–Kier alpha value is -2.80. The third kappa shape index (κ3) is 4.05. The Balaban J connectivity index is 1.84. The summed E-state index contributed by atoms with van der Waals surface area (Å²) in [4.78, 5) is 27.0. The van der Waals surface area contributed by atoms with Crippen molar-refractivity contribution >= 4 is 11.8 Å². The lowest BCUT2D eigenvalue weighted by molar-refractivity contribution is -0.137. The van der Waals surface area contributed by atoms with Crippen molar-refractivity contribution in [2.75, 3.05) is 26.3 Å². The van der Waals surface area contributed by atoms with Crippen LogP contribution in [0.5, 0.6) is 0 Å². The van der Waals surface area contributed by atoms with Crippen molar-refractivity contribution in [2.24, 2.45) is 0 Å². The van der Waals surface area contributed by atoms with Crippen LogP contribution in [-0.4, -0.2) is 43.0 Å². The molecule has 2 amide bonds. The van der Waals surface area contributed by atoms with Crippen LogP contribution in [0, 0.1) is 11.6 Å². The summed E-state index contributed by atoms with van der Waals surface area (Å²) in [7, 11) is 0. The maximum Gasteiger partial charge on any atom is 0.252 e. The summed E-state index contributed by atoms with van der Waals surface area (Å²) in [6.07, 6.45) is 0. The molecule has 0 aromatic heterocycles. The van der Waals surface area contributed by atoms with E-state index in [-0.39, 0.29) is 11.5 Å². The van der Waals surface area contributed by atoms with E-state index in [2.05, 4.69) is 5.32 Å². The average molecular weight is 360 g/mol. The van der Waals surface area contributed by atoms with Crippen LogP contribution < -0.4 is 5.32 Å². The van der Waals surface area contributed by atoms with Gasteiger partial charge in [0.1, 0.15) is 6.04 Å².